The van der Waals surface area contributed by atoms with E-state index in [0.29, 0.717) is 33.7 Å². The Morgan fingerprint density at radius 2 is 1.97 bits per heavy atom. The summed E-state index contributed by atoms with van der Waals surface area (Å²) in [5.74, 6) is 0.366. The van der Waals surface area contributed by atoms with Crippen molar-refractivity contribution in [2.75, 3.05) is 25.0 Å². The summed E-state index contributed by atoms with van der Waals surface area (Å²) in [6.07, 6.45) is 3.23. The number of nitrogens with zero attached hydrogens (tertiary/aromatic N) is 2. The number of hydrogen-bond acceptors (Lipinski definition) is 7. The van der Waals surface area contributed by atoms with Gasteiger partial charge >= 0.3 is 0 Å². The second-order valence-corrected chi connectivity index (χ2v) is 11.5. The van der Waals surface area contributed by atoms with Crippen molar-refractivity contribution in [3.05, 3.63) is 64.0 Å². The topological polar surface area (TPSA) is 79.4 Å². The van der Waals surface area contributed by atoms with E-state index in [9.17, 15) is 13.2 Å². The molecule has 3 heterocycles. The van der Waals surface area contributed by atoms with Gasteiger partial charge in [0.2, 0.25) is 5.78 Å². The van der Waals surface area contributed by atoms with Crippen LogP contribution in [0.25, 0.3) is 0 Å². The average molecular weight is 462 g/mol. The number of benzene rings is 1. The molecule has 0 aliphatic carbocycles. The summed E-state index contributed by atoms with van der Waals surface area (Å²) in [4.78, 5) is 17.7. The molecule has 30 heavy (non-hydrogen) atoms. The van der Waals surface area contributed by atoms with Gasteiger partial charge in [0.25, 0.3) is 10.0 Å². The third kappa shape index (κ3) is 4.49. The minimum Gasteiger partial charge on any atom is -0.361 e. The summed E-state index contributed by atoms with van der Waals surface area (Å²) in [5, 5.41) is 5.84. The SMILES string of the molecule is Cc1ccccc1C(=O)c1cnc(NCC2CCN(S(=O)(=O)c3cccs3)CC2)s1. The van der Waals surface area contributed by atoms with Crippen molar-refractivity contribution < 1.29 is 13.2 Å². The number of ketones is 1. The van der Waals surface area contributed by atoms with Crippen LogP contribution in [-0.4, -0.2) is 43.1 Å². The molecule has 1 N–H and O–H groups in total. The molecular formula is C21H23N3O3S3. The van der Waals surface area contributed by atoms with Gasteiger partial charge in [-0.15, -0.1) is 11.3 Å². The molecule has 158 valence electrons. The van der Waals surface area contributed by atoms with E-state index in [1.165, 1.54) is 22.7 Å². The van der Waals surface area contributed by atoms with Gasteiger partial charge < -0.3 is 5.32 Å². The number of carbonyl (C=O) groups excluding carboxylic acids is 1. The number of aromatic nitrogens is 1. The zero-order valence-corrected chi connectivity index (χ0v) is 19.0. The number of anilines is 1. The highest BCUT2D eigenvalue weighted by Gasteiger charge is 2.30. The molecule has 0 spiro atoms. The van der Waals surface area contributed by atoms with E-state index in [1.807, 2.05) is 31.2 Å². The normalized spacial score (nSPS) is 15.9. The van der Waals surface area contributed by atoms with Crippen LogP contribution in [0.2, 0.25) is 0 Å². The lowest BCUT2D eigenvalue weighted by Gasteiger charge is -2.30. The molecule has 0 saturated carbocycles. The lowest BCUT2D eigenvalue weighted by molar-refractivity contribution is 0.104. The summed E-state index contributed by atoms with van der Waals surface area (Å²) in [7, 11) is -3.36. The maximum absolute atomic E-state index is 12.7. The van der Waals surface area contributed by atoms with E-state index in [2.05, 4.69) is 10.3 Å². The summed E-state index contributed by atoms with van der Waals surface area (Å²) >= 11 is 2.62. The van der Waals surface area contributed by atoms with Crippen molar-refractivity contribution in [2.45, 2.75) is 24.0 Å². The number of nitrogens with one attached hydrogen (secondary N) is 1. The molecule has 1 saturated heterocycles. The first kappa shape index (κ1) is 21.2. The molecule has 0 bridgehead atoms. The number of sulfonamides is 1. The largest absolute Gasteiger partial charge is 0.361 e. The molecule has 4 rings (SSSR count). The summed E-state index contributed by atoms with van der Waals surface area (Å²) < 4.78 is 27.2. The fourth-order valence-corrected chi connectivity index (χ4v) is 6.94. The zero-order chi connectivity index (χ0) is 21.1. The predicted octanol–water partition coefficient (Wildman–Crippen LogP) is 4.26. The van der Waals surface area contributed by atoms with E-state index in [0.717, 1.165) is 30.1 Å². The van der Waals surface area contributed by atoms with Crippen molar-refractivity contribution in [2.24, 2.45) is 5.92 Å². The van der Waals surface area contributed by atoms with E-state index in [4.69, 9.17) is 0 Å². The molecule has 2 aromatic heterocycles. The van der Waals surface area contributed by atoms with E-state index < -0.39 is 10.0 Å². The van der Waals surface area contributed by atoms with Crippen LogP contribution in [-0.2, 0) is 10.0 Å². The molecule has 9 heteroatoms. The Hall–Kier alpha value is -2.07. The number of rotatable bonds is 7. The molecular weight excluding hydrogens is 438 g/mol. The van der Waals surface area contributed by atoms with E-state index in [1.54, 1.807) is 28.0 Å². The molecule has 0 unspecified atom stereocenters. The van der Waals surface area contributed by atoms with Crippen molar-refractivity contribution in [1.82, 2.24) is 9.29 Å². The van der Waals surface area contributed by atoms with Gasteiger partial charge in [-0.05, 0) is 42.7 Å². The van der Waals surface area contributed by atoms with Crippen molar-refractivity contribution in [3.8, 4) is 0 Å². The van der Waals surface area contributed by atoms with Crippen LogP contribution < -0.4 is 5.32 Å². The standard InChI is InChI=1S/C21H23N3O3S3/c1-15-5-2-3-6-17(15)20(25)18-14-23-21(29-18)22-13-16-8-10-24(11-9-16)30(26,27)19-7-4-12-28-19/h2-7,12,14,16H,8-11,13H2,1H3,(H,22,23). The minimum absolute atomic E-state index is 0.00857. The molecule has 0 atom stereocenters. The quantitative estimate of drug-likeness (QED) is 0.532. The van der Waals surface area contributed by atoms with E-state index in [-0.39, 0.29) is 5.78 Å². The third-order valence-electron chi connectivity index (χ3n) is 5.32. The van der Waals surface area contributed by atoms with Crippen LogP contribution in [0.5, 0.6) is 0 Å². The van der Waals surface area contributed by atoms with Crippen molar-refractivity contribution >= 4 is 43.6 Å². The van der Waals surface area contributed by atoms with Crippen LogP contribution in [0.15, 0.2) is 52.2 Å². The van der Waals surface area contributed by atoms with E-state index >= 15 is 0 Å². The smallest absolute Gasteiger partial charge is 0.252 e. The Labute approximate surface area is 184 Å². The fraction of sp³-hybridized carbons (Fsp3) is 0.333. The Kier molecular flexibility index (Phi) is 6.33. The Morgan fingerprint density at radius 3 is 2.67 bits per heavy atom. The average Bonchev–Trinajstić information content (AvgIpc) is 3.45. The maximum atomic E-state index is 12.7. The van der Waals surface area contributed by atoms with Gasteiger partial charge in [0.1, 0.15) is 4.21 Å². The zero-order valence-electron chi connectivity index (χ0n) is 16.6. The fourth-order valence-electron chi connectivity index (χ4n) is 3.54. The van der Waals surface area contributed by atoms with Gasteiger partial charge in [-0.1, -0.05) is 41.7 Å². The Balaban J connectivity index is 1.31. The highest BCUT2D eigenvalue weighted by atomic mass is 32.2. The number of thiazole rings is 1. The third-order valence-corrected chi connectivity index (χ3v) is 9.55. The monoisotopic (exact) mass is 461 g/mol. The first-order valence-corrected chi connectivity index (χ1v) is 12.9. The lowest BCUT2D eigenvalue weighted by Crippen LogP contribution is -2.39. The molecule has 1 aliphatic heterocycles. The van der Waals surface area contributed by atoms with Crippen LogP contribution in [0, 0.1) is 12.8 Å². The number of carbonyl (C=O) groups is 1. The first-order chi connectivity index (χ1) is 14.4. The number of piperidine rings is 1. The summed E-state index contributed by atoms with van der Waals surface area (Å²) in [5.41, 5.74) is 1.65. The Bertz CT molecular complexity index is 1120. The van der Waals surface area contributed by atoms with Crippen molar-refractivity contribution in [1.29, 1.82) is 0 Å². The molecule has 6 nitrogen and oxygen atoms in total. The minimum atomic E-state index is -3.36. The number of hydrogen-bond donors (Lipinski definition) is 1. The first-order valence-electron chi connectivity index (χ1n) is 9.79. The van der Waals surface area contributed by atoms with Crippen LogP contribution in [0.3, 0.4) is 0 Å². The van der Waals surface area contributed by atoms with Crippen LogP contribution >= 0.6 is 22.7 Å². The maximum Gasteiger partial charge on any atom is 0.252 e. The number of thiophene rings is 1. The Morgan fingerprint density at radius 1 is 1.20 bits per heavy atom. The summed E-state index contributed by atoms with van der Waals surface area (Å²) in [6.45, 7) is 3.71. The van der Waals surface area contributed by atoms with Gasteiger partial charge in [0, 0.05) is 25.2 Å². The summed E-state index contributed by atoms with van der Waals surface area (Å²) in [6, 6.07) is 11.0. The highest BCUT2D eigenvalue weighted by Crippen LogP contribution is 2.27. The molecule has 0 amide bonds. The highest BCUT2D eigenvalue weighted by molar-refractivity contribution is 7.91. The second-order valence-electron chi connectivity index (χ2n) is 7.33. The van der Waals surface area contributed by atoms with Crippen LogP contribution in [0.1, 0.15) is 33.6 Å². The molecule has 3 aromatic rings. The van der Waals surface area contributed by atoms with Gasteiger partial charge in [0.15, 0.2) is 5.13 Å². The van der Waals surface area contributed by atoms with Crippen LogP contribution in [0.4, 0.5) is 5.13 Å². The molecule has 1 fully saturated rings. The van der Waals surface area contributed by atoms with Gasteiger partial charge in [-0.2, -0.15) is 4.31 Å². The molecule has 1 aliphatic rings. The van der Waals surface area contributed by atoms with Crippen molar-refractivity contribution in [3.63, 3.8) is 0 Å². The number of aryl methyl sites for hydroxylation is 1. The molecule has 1 aromatic carbocycles. The van der Waals surface area contributed by atoms with Gasteiger partial charge in [-0.3, -0.25) is 4.79 Å². The molecule has 0 radical (unpaired) electrons. The lowest BCUT2D eigenvalue weighted by atomic mass is 9.98. The predicted molar refractivity (Wildman–Crippen MR) is 121 cm³/mol. The van der Waals surface area contributed by atoms with Gasteiger partial charge in [-0.25, -0.2) is 13.4 Å². The van der Waals surface area contributed by atoms with Gasteiger partial charge in [0.05, 0.1) is 11.1 Å². The second kappa shape index (κ2) is 8.97.